The van der Waals surface area contributed by atoms with Crippen molar-refractivity contribution < 1.29 is 27.1 Å². The highest BCUT2D eigenvalue weighted by Crippen LogP contribution is 2.29. The van der Waals surface area contributed by atoms with Gasteiger partial charge in [0.1, 0.15) is 5.82 Å². The van der Waals surface area contributed by atoms with E-state index in [9.17, 15) is 22.4 Å². The highest BCUT2D eigenvalue weighted by Gasteiger charge is 2.30. The number of rotatable bonds is 7. The van der Waals surface area contributed by atoms with E-state index in [2.05, 4.69) is 10.2 Å². The number of amides is 1. The monoisotopic (exact) mass is 438 g/mol. The first-order chi connectivity index (χ1) is 14.7. The molecular weight excluding hydrogens is 412 g/mol. The fourth-order valence-electron chi connectivity index (χ4n) is 3.71. The lowest BCUT2D eigenvalue weighted by Crippen LogP contribution is -2.44. The molecule has 0 saturated carbocycles. The Labute approximate surface area is 179 Å². The van der Waals surface area contributed by atoms with Gasteiger partial charge in [-0.2, -0.15) is 13.2 Å². The zero-order chi connectivity index (χ0) is 22.4. The number of carbonyl (C=O) groups is 1. The van der Waals surface area contributed by atoms with Crippen LogP contribution in [0.3, 0.4) is 0 Å². The van der Waals surface area contributed by atoms with Crippen molar-refractivity contribution in [3.05, 3.63) is 71.0 Å². The van der Waals surface area contributed by atoms with Gasteiger partial charge in [-0.25, -0.2) is 4.39 Å². The number of nitrogens with zero attached hydrogens (tertiary/aromatic N) is 1. The van der Waals surface area contributed by atoms with E-state index in [1.54, 1.807) is 13.0 Å². The highest BCUT2D eigenvalue weighted by molar-refractivity contribution is 5.78. The molecule has 1 N–H and O–H groups in total. The third kappa shape index (κ3) is 6.51. The molecule has 2 aromatic carbocycles. The molecule has 0 bridgehead atoms. The maximum atomic E-state index is 13.8. The molecule has 1 aliphatic rings. The Bertz CT molecular complexity index is 865. The van der Waals surface area contributed by atoms with Crippen molar-refractivity contribution in [3.63, 3.8) is 0 Å². The molecular formula is C23H26F4N2O2. The molecule has 0 aliphatic carbocycles. The predicted octanol–water partition coefficient (Wildman–Crippen LogP) is 4.21. The van der Waals surface area contributed by atoms with Crippen molar-refractivity contribution in [2.45, 2.75) is 25.6 Å². The fraction of sp³-hybridized carbons (Fsp3) is 0.435. The van der Waals surface area contributed by atoms with Crippen LogP contribution in [0.25, 0.3) is 0 Å². The van der Waals surface area contributed by atoms with Crippen LogP contribution in [0.15, 0.2) is 48.5 Å². The van der Waals surface area contributed by atoms with E-state index in [-0.39, 0.29) is 17.8 Å². The minimum Gasteiger partial charge on any atom is -0.379 e. The summed E-state index contributed by atoms with van der Waals surface area (Å²) in [6.07, 6.45) is -4.06. The van der Waals surface area contributed by atoms with Gasteiger partial charge in [0, 0.05) is 25.6 Å². The van der Waals surface area contributed by atoms with Crippen LogP contribution in [-0.2, 0) is 22.1 Å². The van der Waals surface area contributed by atoms with Crippen molar-refractivity contribution in [3.8, 4) is 0 Å². The molecule has 31 heavy (non-hydrogen) atoms. The van der Waals surface area contributed by atoms with Crippen LogP contribution < -0.4 is 5.32 Å². The maximum absolute atomic E-state index is 13.8. The lowest BCUT2D eigenvalue weighted by atomic mass is 9.98. The first kappa shape index (κ1) is 23.2. The van der Waals surface area contributed by atoms with Crippen LogP contribution in [0.1, 0.15) is 29.7 Å². The quantitative estimate of drug-likeness (QED) is 0.659. The largest absolute Gasteiger partial charge is 0.416 e. The minimum atomic E-state index is -4.38. The molecule has 1 fully saturated rings. The second-order valence-electron chi connectivity index (χ2n) is 7.76. The van der Waals surface area contributed by atoms with Crippen LogP contribution in [0.4, 0.5) is 17.6 Å². The van der Waals surface area contributed by atoms with Crippen molar-refractivity contribution >= 4 is 5.91 Å². The summed E-state index contributed by atoms with van der Waals surface area (Å²) in [5.74, 6) is -0.957. The molecule has 0 radical (unpaired) electrons. The number of halogens is 4. The predicted molar refractivity (Wildman–Crippen MR) is 109 cm³/mol. The summed E-state index contributed by atoms with van der Waals surface area (Å²) < 4.78 is 57.3. The van der Waals surface area contributed by atoms with E-state index in [4.69, 9.17) is 4.74 Å². The van der Waals surface area contributed by atoms with Gasteiger partial charge in [0.25, 0.3) is 0 Å². The van der Waals surface area contributed by atoms with Crippen molar-refractivity contribution in [1.29, 1.82) is 0 Å². The molecule has 2 aromatic rings. The molecule has 168 valence electrons. The van der Waals surface area contributed by atoms with Gasteiger partial charge >= 0.3 is 6.18 Å². The normalized spacial score (nSPS) is 17.2. The molecule has 8 heteroatoms. The standard InChI is InChI=1S/C23H26F4N2O2/c1-16(13-17-5-7-19(8-6-17)23(25,26)27)22(30)28-15-21(29-9-11-31-12-10-29)18-3-2-4-20(24)14-18/h2-8,14,16,21H,9-13,15H2,1H3,(H,28,30). The summed E-state index contributed by atoms with van der Waals surface area (Å²) in [5, 5.41) is 2.93. The van der Waals surface area contributed by atoms with E-state index in [0.29, 0.717) is 44.8 Å². The number of ether oxygens (including phenoxy) is 1. The molecule has 2 unspecified atom stereocenters. The summed E-state index contributed by atoms with van der Waals surface area (Å²) in [4.78, 5) is 14.8. The second kappa shape index (κ2) is 10.2. The summed E-state index contributed by atoms with van der Waals surface area (Å²) in [6.45, 7) is 4.54. The number of hydrogen-bond donors (Lipinski definition) is 1. The maximum Gasteiger partial charge on any atom is 0.416 e. The van der Waals surface area contributed by atoms with Crippen molar-refractivity contribution in [2.75, 3.05) is 32.8 Å². The topological polar surface area (TPSA) is 41.6 Å². The molecule has 0 aromatic heterocycles. The lowest BCUT2D eigenvalue weighted by Gasteiger charge is -2.35. The third-order valence-corrected chi connectivity index (χ3v) is 5.46. The fourth-order valence-corrected chi connectivity index (χ4v) is 3.71. The van der Waals surface area contributed by atoms with Crippen LogP contribution in [0, 0.1) is 11.7 Å². The average Bonchev–Trinajstić information content (AvgIpc) is 2.74. The Kier molecular flexibility index (Phi) is 7.67. The molecule has 2 atom stereocenters. The Morgan fingerprint density at radius 3 is 2.42 bits per heavy atom. The van der Waals surface area contributed by atoms with Gasteiger partial charge < -0.3 is 10.1 Å². The summed E-state index contributed by atoms with van der Waals surface area (Å²) in [7, 11) is 0. The zero-order valence-corrected chi connectivity index (χ0v) is 17.3. The van der Waals surface area contributed by atoms with Gasteiger partial charge in [0.05, 0.1) is 24.8 Å². The van der Waals surface area contributed by atoms with E-state index in [1.807, 2.05) is 6.07 Å². The van der Waals surface area contributed by atoms with Gasteiger partial charge in [0.2, 0.25) is 5.91 Å². The van der Waals surface area contributed by atoms with Gasteiger partial charge in [0.15, 0.2) is 0 Å². The van der Waals surface area contributed by atoms with Gasteiger partial charge in [-0.3, -0.25) is 9.69 Å². The Balaban J connectivity index is 1.61. The van der Waals surface area contributed by atoms with E-state index >= 15 is 0 Å². The molecule has 4 nitrogen and oxygen atoms in total. The average molecular weight is 438 g/mol. The van der Waals surface area contributed by atoms with Gasteiger partial charge in [-0.05, 0) is 41.8 Å². The highest BCUT2D eigenvalue weighted by atomic mass is 19.4. The number of benzene rings is 2. The number of morpholine rings is 1. The Hall–Kier alpha value is -2.45. The minimum absolute atomic E-state index is 0.193. The summed E-state index contributed by atoms with van der Waals surface area (Å²) in [6, 6.07) is 11.0. The first-order valence-electron chi connectivity index (χ1n) is 10.2. The van der Waals surface area contributed by atoms with Crippen LogP contribution in [0.5, 0.6) is 0 Å². The number of alkyl halides is 3. The molecule has 1 aliphatic heterocycles. The first-order valence-corrected chi connectivity index (χ1v) is 10.2. The smallest absolute Gasteiger partial charge is 0.379 e. The van der Waals surface area contributed by atoms with Crippen LogP contribution in [0.2, 0.25) is 0 Å². The Morgan fingerprint density at radius 2 is 1.81 bits per heavy atom. The molecule has 1 heterocycles. The Morgan fingerprint density at radius 1 is 1.13 bits per heavy atom. The van der Waals surface area contributed by atoms with Crippen molar-refractivity contribution in [2.24, 2.45) is 5.92 Å². The number of carbonyl (C=O) groups excluding carboxylic acids is 1. The van der Waals surface area contributed by atoms with E-state index in [0.717, 1.165) is 17.7 Å². The van der Waals surface area contributed by atoms with E-state index < -0.39 is 17.7 Å². The number of nitrogens with one attached hydrogen (secondary N) is 1. The lowest BCUT2D eigenvalue weighted by molar-refractivity contribution is -0.137. The molecule has 1 saturated heterocycles. The molecule has 1 amide bonds. The van der Waals surface area contributed by atoms with E-state index in [1.165, 1.54) is 24.3 Å². The number of hydrogen-bond acceptors (Lipinski definition) is 3. The third-order valence-electron chi connectivity index (χ3n) is 5.46. The van der Waals surface area contributed by atoms with Crippen LogP contribution in [-0.4, -0.2) is 43.7 Å². The summed E-state index contributed by atoms with van der Waals surface area (Å²) in [5.41, 5.74) is 0.722. The zero-order valence-electron chi connectivity index (χ0n) is 17.3. The molecule has 0 spiro atoms. The SMILES string of the molecule is CC(Cc1ccc(C(F)(F)F)cc1)C(=O)NCC(c1cccc(F)c1)N1CCOCC1. The summed E-state index contributed by atoms with van der Waals surface area (Å²) >= 11 is 0. The van der Waals surface area contributed by atoms with Gasteiger partial charge in [-0.15, -0.1) is 0 Å². The van der Waals surface area contributed by atoms with Gasteiger partial charge in [-0.1, -0.05) is 31.2 Å². The second-order valence-corrected chi connectivity index (χ2v) is 7.76. The van der Waals surface area contributed by atoms with Crippen LogP contribution >= 0.6 is 0 Å². The molecule has 3 rings (SSSR count). The van der Waals surface area contributed by atoms with Crippen molar-refractivity contribution in [1.82, 2.24) is 10.2 Å².